The molecule has 1 rings (SSSR count). The van der Waals surface area contributed by atoms with Gasteiger partial charge < -0.3 is 10.5 Å². The molecule has 0 radical (unpaired) electrons. The number of rotatable bonds is 6. The summed E-state index contributed by atoms with van der Waals surface area (Å²) in [5.41, 5.74) is 7.15. The Morgan fingerprint density at radius 3 is 2.87 bits per heavy atom. The van der Waals surface area contributed by atoms with Gasteiger partial charge in [0.25, 0.3) is 0 Å². The van der Waals surface area contributed by atoms with Crippen LogP contribution in [-0.4, -0.2) is 44.8 Å². The predicted molar refractivity (Wildman–Crippen MR) is 63.9 cm³/mol. The van der Waals surface area contributed by atoms with Crippen molar-refractivity contribution in [1.82, 2.24) is 4.90 Å². The first-order valence-corrected chi connectivity index (χ1v) is 5.89. The highest BCUT2D eigenvalue weighted by molar-refractivity contribution is 5.07. The summed E-state index contributed by atoms with van der Waals surface area (Å²) in [7, 11) is 1.76. The Labute approximate surface area is 93.3 Å². The molecule has 1 heterocycles. The smallest absolute Gasteiger partial charge is 0.0673 e. The standard InChI is InChI=1S/C12H24N2O/c1-3-11(8-13)9-14-6-4-12(5-7-14)10-15-2/h4,11H,3,5-10,13H2,1-2H3. The fourth-order valence-corrected chi connectivity index (χ4v) is 1.97. The highest BCUT2D eigenvalue weighted by atomic mass is 16.5. The number of methoxy groups -OCH3 is 1. The van der Waals surface area contributed by atoms with Crippen LogP contribution in [0.5, 0.6) is 0 Å². The SMILES string of the molecule is CCC(CN)CN1CC=C(COC)CC1. The van der Waals surface area contributed by atoms with Crippen LogP contribution in [0.15, 0.2) is 11.6 Å². The van der Waals surface area contributed by atoms with Crippen molar-refractivity contribution in [2.75, 3.05) is 39.9 Å². The zero-order chi connectivity index (χ0) is 11.1. The third-order valence-corrected chi connectivity index (χ3v) is 3.14. The molecule has 2 N–H and O–H groups in total. The van der Waals surface area contributed by atoms with E-state index >= 15 is 0 Å². The van der Waals surface area contributed by atoms with Crippen molar-refractivity contribution in [3.05, 3.63) is 11.6 Å². The van der Waals surface area contributed by atoms with Crippen molar-refractivity contribution >= 4 is 0 Å². The second-order valence-corrected chi connectivity index (χ2v) is 4.31. The Hall–Kier alpha value is -0.380. The van der Waals surface area contributed by atoms with Crippen LogP contribution in [0.25, 0.3) is 0 Å². The molecule has 0 aromatic rings. The van der Waals surface area contributed by atoms with Crippen LogP contribution in [0.3, 0.4) is 0 Å². The average Bonchev–Trinajstić information content (AvgIpc) is 2.28. The Morgan fingerprint density at radius 1 is 1.60 bits per heavy atom. The molecule has 1 aliphatic rings. The first kappa shape index (κ1) is 12.7. The minimum atomic E-state index is 0.655. The molecule has 15 heavy (non-hydrogen) atoms. The van der Waals surface area contributed by atoms with Gasteiger partial charge in [-0.05, 0) is 24.5 Å². The minimum Gasteiger partial charge on any atom is -0.380 e. The molecular weight excluding hydrogens is 188 g/mol. The van der Waals surface area contributed by atoms with Gasteiger partial charge in [0.05, 0.1) is 6.61 Å². The van der Waals surface area contributed by atoms with Crippen molar-refractivity contribution < 1.29 is 4.74 Å². The molecule has 0 bridgehead atoms. The van der Waals surface area contributed by atoms with E-state index in [0.29, 0.717) is 5.92 Å². The molecular formula is C12H24N2O. The van der Waals surface area contributed by atoms with E-state index in [4.69, 9.17) is 10.5 Å². The fourth-order valence-electron chi connectivity index (χ4n) is 1.97. The van der Waals surface area contributed by atoms with Crippen LogP contribution in [-0.2, 0) is 4.74 Å². The summed E-state index contributed by atoms with van der Waals surface area (Å²) >= 11 is 0. The van der Waals surface area contributed by atoms with Crippen molar-refractivity contribution in [3.8, 4) is 0 Å². The maximum absolute atomic E-state index is 5.71. The largest absolute Gasteiger partial charge is 0.380 e. The first-order valence-electron chi connectivity index (χ1n) is 5.89. The topological polar surface area (TPSA) is 38.5 Å². The zero-order valence-electron chi connectivity index (χ0n) is 10.0. The number of nitrogens with zero attached hydrogens (tertiary/aromatic N) is 1. The summed E-state index contributed by atoms with van der Waals surface area (Å²) < 4.78 is 5.13. The number of hydrogen-bond donors (Lipinski definition) is 1. The van der Waals surface area contributed by atoms with Crippen LogP contribution < -0.4 is 5.73 Å². The normalized spacial score (nSPS) is 20.1. The van der Waals surface area contributed by atoms with Gasteiger partial charge >= 0.3 is 0 Å². The summed E-state index contributed by atoms with van der Waals surface area (Å²) in [5, 5.41) is 0. The van der Waals surface area contributed by atoms with Gasteiger partial charge in [0.1, 0.15) is 0 Å². The van der Waals surface area contributed by atoms with Gasteiger partial charge in [-0.3, -0.25) is 4.90 Å². The molecule has 0 fully saturated rings. The average molecular weight is 212 g/mol. The van der Waals surface area contributed by atoms with E-state index in [9.17, 15) is 0 Å². The maximum Gasteiger partial charge on any atom is 0.0673 e. The molecule has 0 aromatic carbocycles. The summed E-state index contributed by atoms with van der Waals surface area (Å²) in [4.78, 5) is 2.49. The lowest BCUT2D eigenvalue weighted by molar-refractivity contribution is 0.204. The number of nitrogens with two attached hydrogens (primary N) is 1. The van der Waals surface area contributed by atoms with Crippen LogP contribution in [0.4, 0.5) is 0 Å². The summed E-state index contributed by atoms with van der Waals surface area (Å²) in [6.45, 7) is 7.18. The minimum absolute atomic E-state index is 0.655. The molecule has 0 aromatic heterocycles. The Morgan fingerprint density at radius 2 is 2.40 bits per heavy atom. The van der Waals surface area contributed by atoms with Crippen molar-refractivity contribution in [2.24, 2.45) is 11.7 Å². The fraction of sp³-hybridized carbons (Fsp3) is 0.833. The van der Waals surface area contributed by atoms with Gasteiger partial charge in [0.2, 0.25) is 0 Å². The van der Waals surface area contributed by atoms with Gasteiger partial charge in [-0.2, -0.15) is 0 Å². The molecule has 0 amide bonds. The second-order valence-electron chi connectivity index (χ2n) is 4.31. The van der Waals surface area contributed by atoms with Crippen molar-refractivity contribution in [2.45, 2.75) is 19.8 Å². The van der Waals surface area contributed by atoms with Gasteiger partial charge in [-0.15, -0.1) is 0 Å². The highest BCUT2D eigenvalue weighted by Crippen LogP contribution is 2.13. The summed E-state index contributed by atoms with van der Waals surface area (Å²) in [6.07, 6.45) is 4.63. The summed E-state index contributed by atoms with van der Waals surface area (Å²) in [5.74, 6) is 0.655. The van der Waals surface area contributed by atoms with Crippen LogP contribution >= 0.6 is 0 Å². The molecule has 0 saturated carbocycles. The molecule has 0 aliphatic carbocycles. The highest BCUT2D eigenvalue weighted by Gasteiger charge is 2.14. The molecule has 3 nitrogen and oxygen atoms in total. The van der Waals surface area contributed by atoms with E-state index in [-0.39, 0.29) is 0 Å². The Kier molecular flexibility index (Phi) is 5.91. The molecule has 3 heteroatoms. The van der Waals surface area contributed by atoms with Crippen LogP contribution in [0.2, 0.25) is 0 Å². The van der Waals surface area contributed by atoms with Crippen LogP contribution in [0.1, 0.15) is 19.8 Å². The van der Waals surface area contributed by atoms with Gasteiger partial charge in [0, 0.05) is 26.7 Å². The monoisotopic (exact) mass is 212 g/mol. The number of hydrogen-bond acceptors (Lipinski definition) is 3. The second kappa shape index (κ2) is 6.99. The molecule has 1 aliphatic heterocycles. The quantitative estimate of drug-likeness (QED) is 0.673. The van der Waals surface area contributed by atoms with Crippen molar-refractivity contribution in [3.63, 3.8) is 0 Å². The van der Waals surface area contributed by atoms with E-state index in [2.05, 4.69) is 17.9 Å². The van der Waals surface area contributed by atoms with E-state index in [0.717, 1.165) is 39.2 Å². The molecule has 88 valence electrons. The maximum atomic E-state index is 5.71. The molecule has 1 atom stereocenters. The van der Waals surface area contributed by atoms with Gasteiger partial charge in [-0.25, -0.2) is 0 Å². The lowest BCUT2D eigenvalue weighted by Crippen LogP contribution is -2.36. The lowest BCUT2D eigenvalue weighted by atomic mass is 10.0. The Balaban J connectivity index is 2.30. The number of ether oxygens (including phenoxy) is 1. The van der Waals surface area contributed by atoms with E-state index in [1.807, 2.05) is 0 Å². The molecule has 0 saturated heterocycles. The van der Waals surface area contributed by atoms with Gasteiger partial charge in [0.15, 0.2) is 0 Å². The summed E-state index contributed by atoms with van der Waals surface area (Å²) in [6, 6.07) is 0. The van der Waals surface area contributed by atoms with Crippen LogP contribution in [0, 0.1) is 5.92 Å². The lowest BCUT2D eigenvalue weighted by Gasteiger charge is -2.29. The Bertz CT molecular complexity index is 200. The third-order valence-electron chi connectivity index (χ3n) is 3.14. The first-order chi connectivity index (χ1) is 7.30. The van der Waals surface area contributed by atoms with E-state index < -0.39 is 0 Å². The molecule has 0 spiro atoms. The van der Waals surface area contributed by atoms with Gasteiger partial charge in [-0.1, -0.05) is 19.4 Å². The van der Waals surface area contributed by atoms with E-state index in [1.54, 1.807) is 7.11 Å². The van der Waals surface area contributed by atoms with E-state index in [1.165, 1.54) is 12.0 Å². The molecule has 1 unspecified atom stereocenters. The predicted octanol–water partition coefficient (Wildman–Crippen LogP) is 1.25. The third kappa shape index (κ3) is 4.33. The zero-order valence-corrected chi connectivity index (χ0v) is 10.0. The van der Waals surface area contributed by atoms with Crippen molar-refractivity contribution in [1.29, 1.82) is 0 Å².